The lowest BCUT2D eigenvalue weighted by Crippen LogP contribution is -2.71. The van der Waals surface area contributed by atoms with Gasteiger partial charge in [-0.1, -0.05) is 6.42 Å². The highest BCUT2D eigenvalue weighted by Gasteiger charge is 2.57. The number of imide groups is 1. The van der Waals surface area contributed by atoms with Crippen molar-refractivity contribution in [1.82, 2.24) is 4.90 Å². The van der Waals surface area contributed by atoms with Gasteiger partial charge in [-0.05, 0) is 39.7 Å². The Balaban J connectivity index is 6.73. The Morgan fingerprint density at radius 1 is 1.00 bits per heavy atom. The number of rotatable bonds is 14. The lowest BCUT2D eigenvalue weighted by molar-refractivity contribution is -0.173. The van der Waals surface area contributed by atoms with Crippen molar-refractivity contribution in [3.63, 3.8) is 0 Å². The fourth-order valence-electron chi connectivity index (χ4n) is 2.95. The maximum atomic E-state index is 13.3. The molecule has 31 heavy (non-hydrogen) atoms. The van der Waals surface area contributed by atoms with E-state index in [0.717, 1.165) is 6.92 Å². The number of ketones is 1. The third kappa shape index (κ3) is 7.04. The van der Waals surface area contributed by atoms with Crippen molar-refractivity contribution in [2.75, 3.05) is 6.54 Å². The van der Waals surface area contributed by atoms with Gasteiger partial charge < -0.3 is 38.9 Å². The Morgan fingerprint density at radius 3 is 1.94 bits per heavy atom. The van der Waals surface area contributed by atoms with Crippen molar-refractivity contribution in [2.24, 2.45) is 28.7 Å². The minimum absolute atomic E-state index is 0.0124. The van der Waals surface area contributed by atoms with E-state index in [1.54, 1.807) is 0 Å². The van der Waals surface area contributed by atoms with Gasteiger partial charge >= 0.3 is 5.97 Å². The maximum Gasteiger partial charge on any atom is 0.338 e. The number of carbonyl (C=O) groups excluding carboxylic acids is 4. The van der Waals surface area contributed by atoms with Crippen LogP contribution in [0.3, 0.4) is 0 Å². The zero-order valence-corrected chi connectivity index (χ0v) is 17.8. The van der Waals surface area contributed by atoms with Crippen LogP contribution in [0.2, 0.25) is 0 Å². The number of Topliss-reactive ketones (excluding diaryl/α,β-unsaturated/α-hetero) is 1. The van der Waals surface area contributed by atoms with E-state index in [9.17, 15) is 34.2 Å². The molecule has 0 radical (unpaired) electrons. The Kier molecular flexibility index (Phi) is 11.4. The number of amides is 3. The molecule has 5 atom stereocenters. The number of carbonyl (C=O) groups is 5. The summed E-state index contributed by atoms with van der Waals surface area (Å²) in [5, 5.41) is 19.8. The molecule has 0 aromatic carbocycles. The molecule has 5 unspecified atom stereocenters. The zero-order valence-electron chi connectivity index (χ0n) is 17.8. The van der Waals surface area contributed by atoms with Crippen LogP contribution in [-0.4, -0.2) is 80.9 Å². The van der Waals surface area contributed by atoms with Gasteiger partial charge in [0.1, 0.15) is 6.04 Å². The minimum Gasteiger partial charge on any atom is -0.479 e. The Labute approximate surface area is 180 Å². The van der Waals surface area contributed by atoms with Crippen molar-refractivity contribution in [3.8, 4) is 0 Å². The molecule has 0 aromatic rings. The number of aliphatic hydroxyl groups excluding tert-OH is 1. The van der Waals surface area contributed by atoms with Crippen LogP contribution in [0, 0.1) is 0 Å². The molecule has 0 saturated carbocycles. The second-order valence-electron chi connectivity index (χ2n) is 7.45. The number of hydrogen-bond donors (Lipinski definition) is 7. The molecule has 0 spiro atoms. The molecule has 0 bridgehead atoms. The normalized spacial score (nSPS) is 17.0. The predicted molar refractivity (Wildman–Crippen MR) is 110 cm³/mol. The van der Waals surface area contributed by atoms with Crippen molar-refractivity contribution in [1.29, 1.82) is 0 Å². The standard InChI is InChI=1S/C18H34N6O7/c1-9(20)15(28)24(16(29)13(23)10(2)25)18(17(30)31,7-6-12(22)26)14(27)11(21)5-3-4-8-19/h9-11,13,25H,3-8,19-21,23H2,1-2H3,(H2,22,26)(H,30,31). The number of unbranched alkanes of at least 4 members (excludes halogenated alkanes) is 1. The molecule has 0 aromatic heterocycles. The smallest absolute Gasteiger partial charge is 0.338 e. The second-order valence-corrected chi connectivity index (χ2v) is 7.45. The molecule has 0 aliphatic rings. The summed E-state index contributed by atoms with van der Waals surface area (Å²) < 4.78 is 0. The molecule has 0 aliphatic heterocycles. The Hall–Kier alpha value is -2.45. The van der Waals surface area contributed by atoms with E-state index in [1.807, 2.05) is 0 Å². The quantitative estimate of drug-likeness (QED) is 0.102. The highest BCUT2D eigenvalue weighted by molar-refractivity contribution is 6.17. The number of nitrogens with two attached hydrogens (primary N) is 5. The van der Waals surface area contributed by atoms with Crippen LogP contribution in [0.25, 0.3) is 0 Å². The monoisotopic (exact) mass is 446 g/mol. The molecule has 13 nitrogen and oxygen atoms in total. The van der Waals surface area contributed by atoms with Gasteiger partial charge in [-0.3, -0.25) is 24.1 Å². The van der Waals surface area contributed by atoms with Crippen molar-refractivity contribution in [3.05, 3.63) is 0 Å². The SMILES string of the molecule is CC(N)C(=O)N(C(=O)C(N)C(C)O)C(CCC(N)=O)(C(=O)O)C(=O)C(N)CCCCN. The van der Waals surface area contributed by atoms with E-state index < -0.39 is 72.1 Å². The average molecular weight is 447 g/mol. The number of aliphatic hydroxyl groups is 1. The van der Waals surface area contributed by atoms with E-state index in [0.29, 0.717) is 19.4 Å². The highest BCUT2D eigenvalue weighted by atomic mass is 16.4. The number of carboxylic acids is 1. The lowest BCUT2D eigenvalue weighted by Gasteiger charge is -2.41. The molecule has 3 amide bonds. The van der Waals surface area contributed by atoms with Gasteiger partial charge in [-0.15, -0.1) is 0 Å². The molecular weight excluding hydrogens is 412 g/mol. The van der Waals surface area contributed by atoms with Gasteiger partial charge in [-0.25, -0.2) is 4.79 Å². The fourth-order valence-corrected chi connectivity index (χ4v) is 2.95. The zero-order chi connectivity index (χ0) is 24.5. The molecule has 12 N–H and O–H groups in total. The van der Waals surface area contributed by atoms with Crippen molar-refractivity contribution >= 4 is 29.5 Å². The molecule has 0 saturated heterocycles. The van der Waals surface area contributed by atoms with Crippen molar-refractivity contribution < 1.29 is 34.2 Å². The second kappa shape index (κ2) is 12.4. The van der Waals surface area contributed by atoms with Gasteiger partial charge in [0.15, 0.2) is 5.78 Å². The van der Waals surface area contributed by atoms with Gasteiger partial charge in [-0.2, -0.15) is 0 Å². The first-order valence-electron chi connectivity index (χ1n) is 9.84. The third-order valence-electron chi connectivity index (χ3n) is 4.82. The van der Waals surface area contributed by atoms with Crippen LogP contribution < -0.4 is 28.7 Å². The summed E-state index contributed by atoms with van der Waals surface area (Å²) in [7, 11) is 0. The number of primary amides is 1. The van der Waals surface area contributed by atoms with Crippen LogP contribution in [-0.2, 0) is 24.0 Å². The molecule has 0 fully saturated rings. The topological polar surface area (TPSA) is 259 Å². The number of aliphatic carboxylic acids is 1. The van der Waals surface area contributed by atoms with Gasteiger partial charge in [0.2, 0.25) is 23.3 Å². The van der Waals surface area contributed by atoms with Crippen LogP contribution in [0.5, 0.6) is 0 Å². The molecule has 0 heterocycles. The fraction of sp³-hybridized carbons (Fsp3) is 0.722. The first-order valence-corrected chi connectivity index (χ1v) is 9.84. The van der Waals surface area contributed by atoms with Gasteiger partial charge in [0.05, 0.1) is 18.2 Å². The molecular formula is C18H34N6O7. The van der Waals surface area contributed by atoms with E-state index in [-0.39, 0.29) is 11.3 Å². The first-order chi connectivity index (χ1) is 14.2. The Bertz CT molecular complexity index is 684. The van der Waals surface area contributed by atoms with Gasteiger partial charge in [0.25, 0.3) is 0 Å². The summed E-state index contributed by atoms with van der Waals surface area (Å²) >= 11 is 0. The van der Waals surface area contributed by atoms with E-state index in [4.69, 9.17) is 28.7 Å². The Morgan fingerprint density at radius 2 is 1.55 bits per heavy atom. The number of carboxylic acid groups (broad SMARTS) is 1. The molecule has 0 aliphatic carbocycles. The summed E-state index contributed by atoms with van der Waals surface area (Å²) in [5.74, 6) is -6.68. The summed E-state index contributed by atoms with van der Waals surface area (Å²) in [6.45, 7) is 2.62. The average Bonchev–Trinajstić information content (AvgIpc) is 2.68. The molecule has 0 rings (SSSR count). The number of hydrogen-bond acceptors (Lipinski definition) is 10. The number of nitrogens with zero attached hydrogens (tertiary/aromatic N) is 1. The maximum absolute atomic E-state index is 13.3. The molecule has 178 valence electrons. The van der Waals surface area contributed by atoms with E-state index in [1.165, 1.54) is 6.92 Å². The van der Waals surface area contributed by atoms with Gasteiger partial charge in [0, 0.05) is 6.42 Å². The van der Waals surface area contributed by atoms with Crippen molar-refractivity contribution in [2.45, 2.75) is 75.7 Å². The largest absolute Gasteiger partial charge is 0.479 e. The summed E-state index contributed by atoms with van der Waals surface area (Å²) in [4.78, 5) is 63.1. The first kappa shape index (κ1) is 28.5. The summed E-state index contributed by atoms with van der Waals surface area (Å²) in [6, 6.07) is -4.58. The van der Waals surface area contributed by atoms with Crippen LogP contribution in [0.4, 0.5) is 0 Å². The third-order valence-corrected chi connectivity index (χ3v) is 4.82. The summed E-state index contributed by atoms with van der Waals surface area (Å²) in [6.07, 6.45) is -2.11. The summed E-state index contributed by atoms with van der Waals surface area (Å²) in [5.41, 5.74) is 24.8. The molecule has 13 heteroatoms. The highest BCUT2D eigenvalue weighted by Crippen LogP contribution is 2.28. The van der Waals surface area contributed by atoms with E-state index >= 15 is 0 Å². The van der Waals surface area contributed by atoms with Crippen LogP contribution >= 0.6 is 0 Å². The lowest BCUT2D eigenvalue weighted by atomic mass is 9.80. The van der Waals surface area contributed by atoms with Crippen LogP contribution in [0.1, 0.15) is 46.0 Å². The van der Waals surface area contributed by atoms with Crippen LogP contribution in [0.15, 0.2) is 0 Å². The predicted octanol–water partition coefficient (Wildman–Crippen LogP) is -3.49. The minimum atomic E-state index is -2.90. The van der Waals surface area contributed by atoms with E-state index in [2.05, 4.69) is 0 Å².